The first kappa shape index (κ1) is 38.3. The van der Waals surface area contributed by atoms with E-state index in [2.05, 4.69) is 24.9 Å². The minimum absolute atomic E-state index is 0. The number of hydrogen-bond acceptors (Lipinski definition) is 14. The molecule has 42 heavy (non-hydrogen) atoms. The van der Waals surface area contributed by atoms with Crippen LogP contribution in [0.25, 0.3) is 22.8 Å². The fraction of sp³-hybridized carbons (Fsp3) is 0. The molecule has 5 aromatic rings. The van der Waals surface area contributed by atoms with Crippen molar-refractivity contribution in [2.45, 2.75) is 0 Å². The predicted octanol–water partition coefficient (Wildman–Crippen LogP) is -4.56. The van der Waals surface area contributed by atoms with Crippen molar-refractivity contribution in [3.05, 3.63) is 122 Å². The standard InChI is InChI=1S/2C10H8N2.C5H6N2.2ClHO4.Cu/c2*1-3-7-11-9(5-1)10-6-2-4-8-12-10;6-5-2-1-3-7-4-5;2*2-1(3,4)5;/h2*1-8H;1-4H,6H2;2*(H,2,3,4,5);/q;;;;;+2/p-2. The van der Waals surface area contributed by atoms with Gasteiger partial charge in [0, 0.05) is 37.2 Å². The van der Waals surface area contributed by atoms with E-state index in [1.165, 1.54) is 0 Å². The molecule has 0 aliphatic carbocycles. The molecule has 0 amide bonds. The molecule has 2 N–H and O–H groups in total. The third-order valence-corrected chi connectivity index (χ3v) is 3.87. The molecule has 0 fully saturated rings. The number of aromatic nitrogens is 5. The molecule has 0 aromatic carbocycles. The first-order chi connectivity index (χ1) is 19.3. The summed E-state index contributed by atoms with van der Waals surface area (Å²) < 4.78 is 67.9. The van der Waals surface area contributed by atoms with Crippen molar-refractivity contribution in [2.24, 2.45) is 0 Å². The van der Waals surface area contributed by atoms with E-state index in [0.29, 0.717) is 5.69 Å². The molecular weight excluding hydrogens is 647 g/mol. The molecule has 225 valence electrons. The zero-order valence-corrected chi connectivity index (χ0v) is 23.6. The number of nitrogens with two attached hydrogens (primary N) is 1. The average molecular weight is 669 g/mol. The fourth-order valence-corrected chi connectivity index (χ4v) is 2.43. The van der Waals surface area contributed by atoms with Crippen LogP contribution in [0.1, 0.15) is 0 Å². The summed E-state index contributed by atoms with van der Waals surface area (Å²) in [4.78, 5) is 20.5. The van der Waals surface area contributed by atoms with E-state index < -0.39 is 20.5 Å². The summed E-state index contributed by atoms with van der Waals surface area (Å²) in [6.07, 6.45) is 10.4. The minimum Gasteiger partial charge on any atom is -0.397 e. The van der Waals surface area contributed by atoms with Crippen LogP contribution in [0, 0.1) is 20.5 Å². The Balaban J connectivity index is 0.000000526. The van der Waals surface area contributed by atoms with Gasteiger partial charge in [0.25, 0.3) is 0 Å². The number of pyridine rings is 5. The van der Waals surface area contributed by atoms with E-state index in [1.807, 2.05) is 72.8 Å². The summed E-state index contributed by atoms with van der Waals surface area (Å²) in [7, 11) is -9.89. The molecule has 5 rings (SSSR count). The quantitative estimate of drug-likeness (QED) is 0.173. The molecule has 17 heteroatoms. The van der Waals surface area contributed by atoms with Gasteiger partial charge in [0.1, 0.15) is 0 Å². The fourth-order valence-electron chi connectivity index (χ4n) is 2.43. The smallest absolute Gasteiger partial charge is 0.397 e. The first-order valence-corrected chi connectivity index (χ1v) is 13.3. The maximum absolute atomic E-state index is 8.49. The summed E-state index contributed by atoms with van der Waals surface area (Å²) in [5.74, 6) is 0. The van der Waals surface area contributed by atoms with Crippen LogP contribution in [0.2, 0.25) is 0 Å². The number of anilines is 1. The van der Waals surface area contributed by atoms with Gasteiger partial charge in [0.05, 0.1) is 28.5 Å². The van der Waals surface area contributed by atoms with Gasteiger partial charge in [-0.2, -0.15) is 0 Å². The second-order valence-electron chi connectivity index (χ2n) is 6.90. The Hall–Kier alpha value is -3.67. The van der Waals surface area contributed by atoms with Crippen LogP contribution in [-0.2, 0) is 17.1 Å². The Morgan fingerprint density at radius 1 is 0.429 bits per heavy atom. The van der Waals surface area contributed by atoms with Crippen LogP contribution >= 0.6 is 0 Å². The molecule has 0 aliphatic heterocycles. The van der Waals surface area contributed by atoms with E-state index in [4.69, 9.17) is 43.0 Å². The van der Waals surface area contributed by atoms with E-state index in [-0.39, 0.29) is 17.1 Å². The predicted molar refractivity (Wildman–Crippen MR) is 124 cm³/mol. The van der Waals surface area contributed by atoms with Crippen molar-refractivity contribution < 1.29 is 74.8 Å². The van der Waals surface area contributed by atoms with E-state index in [1.54, 1.807) is 49.3 Å². The number of nitrogen functional groups attached to an aromatic ring is 1. The van der Waals surface area contributed by atoms with Gasteiger partial charge in [0.2, 0.25) is 0 Å². The Morgan fingerprint density at radius 3 is 0.857 bits per heavy atom. The Kier molecular flexibility index (Phi) is 19.2. The van der Waals surface area contributed by atoms with Gasteiger partial charge in [-0.15, -0.1) is 20.5 Å². The summed E-state index contributed by atoms with van der Waals surface area (Å²) >= 11 is 0. The summed E-state index contributed by atoms with van der Waals surface area (Å²) in [5, 5.41) is 0. The third-order valence-electron chi connectivity index (χ3n) is 3.87. The van der Waals surface area contributed by atoms with Gasteiger partial charge in [-0.05, 0) is 60.7 Å². The van der Waals surface area contributed by atoms with Gasteiger partial charge < -0.3 is 5.73 Å². The van der Waals surface area contributed by atoms with Crippen molar-refractivity contribution >= 4 is 5.69 Å². The van der Waals surface area contributed by atoms with Crippen molar-refractivity contribution in [3.8, 4) is 22.8 Å². The number of nitrogens with zero attached hydrogens (tertiary/aromatic N) is 5. The van der Waals surface area contributed by atoms with Crippen LogP contribution < -0.4 is 43.0 Å². The zero-order valence-electron chi connectivity index (χ0n) is 21.2. The topological polar surface area (TPSA) is 275 Å². The van der Waals surface area contributed by atoms with E-state index in [9.17, 15) is 0 Å². The van der Waals surface area contributed by atoms with E-state index >= 15 is 0 Å². The summed E-state index contributed by atoms with van der Waals surface area (Å²) in [5.41, 5.74) is 9.67. The molecule has 0 saturated carbocycles. The monoisotopic (exact) mass is 667 g/mol. The SMILES string of the molecule is Nc1cccnc1.[Cu+2].[O-][Cl+3]([O-])([O-])[O-].[O-][Cl+3]([O-])([O-])[O-].c1ccc(-c2ccccn2)nc1.c1ccc(-c2ccccn2)nc1. The Labute approximate surface area is 255 Å². The van der Waals surface area contributed by atoms with E-state index in [0.717, 1.165) is 22.8 Å². The van der Waals surface area contributed by atoms with Crippen LogP contribution in [0.5, 0.6) is 0 Å². The number of hydrogen-bond donors (Lipinski definition) is 1. The van der Waals surface area contributed by atoms with Crippen LogP contribution in [-0.4, -0.2) is 24.9 Å². The van der Waals surface area contributed by atoms with Crippen molar-refractivity contribution in [1.82, 2.24) is 24.9 Å². The molecule has 14 nitrogen and oxygen atoms in total. The van der Waals surface area contributed by atoms with Gasteiger partial charge >= 0.3 is 17.1 Å². The molecule has 0 atom stereocenters. The van der Waals surface area contributed by atoms with Crippen molar-refractivity contribution in [1.29, 1.82) is 0 Å². The first-order valence-electron chi connectivity index (χ1n) is 10.9. The summed E-state index contributed by atoms with van der Waals surface area (Å²) in [6, 6.07) is 26.8. The molecule has 5 heterocycles. The molecule has 0 spiro atoms. The maximum atomic E-state index is 8.49. The van der Waals surface area contributed by atoms with Gasteiger partial charge in [0.15, 0.2) is 0 Å². The Morgan fingerprint density at radius 2 is 0.714 bits per heavy atom. The second-order valence-corrected chi connectivity index (χ2v) is 8.41. The van der Waals surface area contributed by atoms with Crippen molar-refractivity contribution in [2.75, 3.05) is 5.73 Å². The van der Waals surface area contributed by atoms with Gasteiger partial charge in [-0.25, -0.2) is 37.3 Å². The number of halogens is 2. The Bertz CT molecular complexity index is 1160. The van der Waals surface area contributed by atoms with Gasteiger partial charge in [-0.3, -0.25) is 24.9 Å². The number of rotatable bonds is 2. The molecular formula is C25H22Cl2CuN6O8. The average Bonchev–Trinajstić information content (AvgIpc) is 2.94. The largest absolute Gasteiger partial charge is 2.00 e. The normalized spacial score (nSPS) is 9.81. The van der Waals surface area contributed by atoms with Crippen LogP contribution in [0.15, 0.2) is 122 Å². The molecule has 1 radical (unpaired) electrons. The molecule has 0 bridgehead atoms. The van der Waals surface area contributed by atoms with Crippen LogP contribution in [0.3, 0.4) is 0 Å². The molecule has 5 aromatic heterocycles. The van der Waals surface area contributed by atoms with Crippen molar-refractivity contribution in [3.63, 3.8) is 0 Å². The molecule has 0 saturated heterocycles. The zero-order chi connectivity index (χ0) is 30.6. The maximum Gasteiger partial charge on any atom is 2.00 e. The molecule has 0 unspecified atom stereocenters. The second kappa shape index (κ2) is 21.1. The van der Waals surface area contributed by atoms with Gasteiger partial charge in [-0.1, -0.05) is 24.3 Å². The molecule has 0 aliphatic rings. The third kappa shape index (κ3) is 23.1. The minimum atomic E-state index is -4.94. The van der Waals surface area contributed by atoms with Crippen LogP contribution in [0.4, 0.5) is 5.69 Å². The summed E-state index contributed by atoms with van der Waals surface area (Å²) in [6.45, 7) is 0.